The Balaban J connectivity index is 1.89. The Morgan fingerprint density at radius 1 is 1.35 bits per heavy atom. The van der Waals surface area contributed by atoms with Crippen molar-refractivity contribution in [2.75, 3.05) is 25.1 Å². The molecular weight excluding hydrogens is 276 g/mol. The molecule has 0 saturated carbocycles. The summed E-state index contributed by atoms with van der Waals surface area (Å²) in [7, 11) is -2.96. The van der Waals surface area contributed by atoms with Gasteiger partial charge in [0.1, 0.15) is 9.84 Å². The molecular formula is C14H20N2O3S. The summed E-state index contributed by atoms with van der Waals surface area (Å²) in [5.41, 5.74) is 3.09. The van der Waals surface area contributed by atoms with Crippen LogP contribution in [0.25, 0.3) is 0 Å². The van der Waals surface area contributed by atoms with Crippen LogP contribution in [0.15, 0.2) is 18.2 Å². The molecule has 0 saturated heterocycles. The van der Waals surface area contributed by atoms with Crippen molar-refractivity contribution in [1.29, 1.82) is 0 Å². The van der Waals surface area contributed by atoms with Gasteiger partial charge in [-0.2, -0.15) is 0 Å². The Kier molecular flexibility index (Phi) is 4.77. The van der Waals surface area contributed by atoms with Gasteiger partial charge >= 0.3 is 0 Å². The van der Waals surface area contributed by atoms with Gasteiger partial charge in [-0.05, 0) is 42.6 Å². The predicted molar refractivity (Wildman–Crippen MR) is 78.5 cm³/mol. The van der Waals surface area contributed by atoms with Crippen LogP contribution < -0.4 is 10.6 Å². The van der Waals surface area contributed by atoms with Gasteiger partial charge in [0.2, 0.25) is 0 Å². The van der Waals surface area contributed by atoms with Gasteiger partial charge in [0.05, 0.1) is 5.75 Å². The van der Waals surface area contributed by atoms with Crippen LogP contribution in [0, 0.1) is 0 Å². The monoisotopic (exact) mass is 296 g/mol. The summed E-state index contributed by atoms with van der Waals surface area (Å²) in [6, 6.07) is 5.74. The fourth-order valence-electron chi connectivity index (χ4n) is 2.26. The molecule has 0 aromatic heterocycles. The lowest BCUT2D eigenvalue weighted by Gasteiger charge is -2.17. The summed E-state index contributed by atoms with van der Waals surface area (Å²) in [5, 5.41) is 6.03. The predicted octanol–water partition coefficient (Wildman–Crippen LogP) is 0.497. The number of sulfone groups is 1. The van der Waals surface area contributed by atoms with Crippen LogP contribution in [-0.4, -0.2) is 39.4 Å². The lowest BCUT2D eigenvalue weighted by atomic mass is 9.98. The second kappa shape index (κ2) is 6.37. The van der Waals surface area contributed by atoms with Crippen LogP contribution in [-0.2, 0) is 22.8 Å². The molecule has 0 atom stereocenters. The third-order valence-corrected chi connectivity index (χ3v) is 4.36. The Morgan fingerprint density at radius 2 is 2.15 bits per heavy atom. The second-order valence-corrected chi connectivity index (χ2v) is 7.41. The van der Waals surface area contributed by atoms with Crippen LogP contribution in [0.3, 0.4) is 0 Å². The third-order valence-electron chi connectivity index (χ3n) is 3.33. The average Bonchev–Trinajstić information content (AvgIpc) is 2.42. The largest absolute Gasteiger partial charge is 0.352 e. The van der Waals surface area contributed by atoms with E-state index in [4.69, 9.17) is 0 Å². The summed E-state index contributed by atoms with van der Waals surface area (Å²) in [6.45, 7) is 2.15. The SMILES string of the molecule is CS(=O)(=O)CCCNC(=O)c1ccc2c(c1)CNCC2. The Bertz CT molecular complexity index is 596. The fourth-order valence-corrected chi connectivity index (χ4v) is 2.93. The van der Waals surface area contributed by atoms with E-state index in [0.29, 0.717) is 18.5 Å². The van der Waals surface area contributed by atoms with Crippen molar-refractivity contribution in [1.82, 2.24) is 10.6 Å². The smallest absolute Gasteiger partial charge is 0.251 e. The normalized spacial score (nSPS) is 14.7. The maximum atomic E-state index is 12.0. The van der Waals surface area contributed by atoms with E-state index in [2.05, 4.69) is 10.6 Å². The Morgan fingerprint density at radius 3 is 2.90 bits per heavy atom. The molecule has 0 spiro atoms. The Labute approximate surface area is 119 Å². The highest BCUT2D eigenvalue weighted by Crippen LogP contribution is 2.15. The first-order valence-electron chi connectivity index (χ1n) is 6.74. The minimum absolute atomic E-state index is 0.0986. The first-order valence-corrected chi connectivity index (χ1v) is 8.80. The molecule has 0 aliphatic carbocycles. The zero-order chi connectivity index (χ0) is 14.6. The summed E-state index contributed by atoms with van der Waals surface area (Å²) in [6.07, 6.45) is 2.63. The van der Waals surface area contributed by atoms with Gasteiger partial charge in [-0.15, -0.1) is 0 Å². The maximum Gasteiger partial charge on any atom is 0.251 e. The van der Waals surface area contributed by atoms with E-state index < -0.39 is 9.84 Å². The van der Waals surface area contributed by atoms with E-state index in [-0.39, 0.29) is 11.7 Å². The van der Waals surface area contributed by atoms with E-state index in [1.165, 1.54) is 17.4 Å². The molecule has 1 aliphatic heterocycles. The van der Waals surface area contributed by atoms with Gasteiger partial charge in [-0.3, -0.25) is 4.79 Å². The highest BCUT2D eigenvalue weighted by molar-refractivity contribution is 7.90. The highest BCUT2D eigenvalue weighted by atomic mass is 32.2. The number of hydrogen-bond acceptors (Lipinski definition) is 4. The van der Waals surface area contributed by atoms with Gasteiger partial charge in [0, 0.05) is 24.9 Å². The zero-order valence-corrected chi connectivity index (χ0v) is 12.4. The lowest BCUT2D eigenvalue weighted by molar-refractivity contribution is 0.0953. The standard InChI is InChI=1S/C14H20N2O3S/c1-20(18,19)8-2-6-16-14(17)12-4-3-11-5-7-15-10-13(11)9-12/h3-4,9,15H,2,5-8,10H2,1H3,(H,16,17). The number of rotatable bonds is 5. The molecule has 0 unspecified atom stereocenters. The van der Waals surface area contributed by atoms with Crippen LogP contribution in [0.4, 0.5) is 0 Å². The van der Waals surface area contributed by atoms with Crippen LogP contribution >= 0.6 is 0 Å². The van der Waals surface area contributed by atoms with E-state index >= 15 is 0 Å². The minimum atomic E-state index is -2.96. The Hall–Kier alpha value is -1.40. The van der Waals surface area contributed by atoms with E-state index in [0.717, 1.165) is 19.5 Å². The van der Waals surface area contributed by atoms with E-state index in [1.54, 1.807) is 0 Å². The lowest BCUT2D eigenvalue weighted by Crippen LogP contribution is -2.27. The number of carbonyl (C=O) groups is 1. The van der Waals surface area contributed by atoms with Crippen molar-refractivity contribution in [3.8, 4) is 0 Å². The summed E-state index contributed by atoms with van der Waals surface area (Å²) in [4.78, 5) is 12.0. The molecule has 1 aliphatic rings. The van der Waals surface area contributed by atoms with Gasteiger partial charge in [0.15, 0.2) is 0 Å². The van der Waals surface area contributed by atoms with E-state index in [1.807, 2.05) is 18.2 Å². The molecule has 1 amide bonds. The number of amides is 1. The molecule has 0 fully saturated rings. The quantitative estimate of drug-likeness (QED) is 0.776. The number of fused-ring (bicyclic) bond motifs is 1. The first kappa shape index (κ1) is 15.0. The average molecular weight is 296 g/mol. The molecule has 110 valence electrons. The van der Waals surface area contributed by atoms with Crippen LogP contribution in [0.5, 0.6) is 0 Å². The van der Waals surface area contributed by atoms with Gasteiger partial charge in [-0.1, -0.05) is 6.07 Å². The summed E-state index contributed by atoms with van der Waals surface area (Å²) < 4.78 is 22.0. The molecule has 0 bridgehead atoms. The molecule has 1 heterocycles. The molecule has 6 heteroatoms. The second-order valence-electron chi connectivity index (χ2n) is 5.15. The molecule has 0 radical (unpaired) electrons. The van der Waals surface area contributed by atoms with Crippen LogP contribution in [0.1, 0.15) is 27.9 Å². The van der Waals surface area contributed by atoms with Crippen molar-refractivity contribution >= 4 is 15.7 Å². The number of nitrogens with one attached hydrogen (secondary N) is 2. The highest BCUT2D eigenvalue weighted by Gasteiger charge is 2.12. The zero-order valence-electron chi connectivity index (χ0n) is 11.6. The molecule has 20 heavy (non-hydrogen) atoms. The molecule has 2 N–H and O–H groups in total. The van der Waals surface area contributed by atoms with Gasteiger partial charge < -0.3 is 10.6 Å². The molecule has 1 aromatic rings. The summed E-state index contributed by atoms with van der Waals surface area (Å²) >= 11 is 0. The van der Waals surface area contributed by atoms with Crippen LogP contribution in [0.2, 0.25) is 0 Å². The van der Waals surface area contributed by atoms with Gasteiger partial charge in [-0.25, -0.2) is 8.42 Å². The van der Waals surface area contributed by atoms with Crippen molar-refractivity contribution in [3.63, 3.8) is 0 Å². The summed E-state index contributed by atoms with van der Waals surface area (Å²) in [5.74, 6) is -0.0478. The molecule has 5 nitrogen and oxygen atoms in total. The fraction of sp³-hybridized carbons (Fsp3) is 0.500. The number of benzene rings is 1. The molecule has 1 aromatic carbocycles. The van der Waals surface area contributed by atoms with Crippen molar-refractivity contribution in [2.45, 2.75) is 19.4 Å². The van der Waals surface area contributed by atoms with E-state index in [9.17, 15) is 13.2 Å². The van der Waals surface area contributed by atoms with Crippen molar-refractivity contribution in [3.05, 3.63) is 34.9 Å². The maximum absolute atomic E-state index is 12.0. The number of carbonyl (C=O) groups excluding carboxylic acids is 1. The van der Waals surface area contributed by atoms with Crippen molar-refractivity contribution < 1.29 is 13.2 Å². The van der Waals surface area contributed by atoms with Crippen molar-refractivity contribution in [2.24, 2.45) is 0 Å². The number of hydrogen-bond donors (Lipinski definition) is 2. The first-order chi connectivity index (χ1) is 9.46. The van der Waals surface area contributed by atoms with Gasteiger partial charge in [0.25, 0.3) is 5.91 Å². The molecule has 2 rings (SSSR count). The topological polar surface area (TPSA) is 75.3 Å². The minimum Gasteiger partial charge on any atom is -0.352 e. The third kappa shape index (κ3) is 4.31.